The Kier molecular flexibility index (Phi) is 5.98. The van der Waals surface area contributed by atoms with Crippen molar-refractivity contribution in [3.63, 3.8) is 0 Å². The van der Waals surface area contributed by atoms with Crippen LogP contribution < -0.4 is 14.8 Å². The van der Waals surface area contributed by atoms with Crippen LogP contribution in [0.1, 0.15) is 0 Å². The van der Waals surface area contributed by atoms with Gasteiger partial charge in [-0.1, -0.05) is 0 Å². The van der Waals surface area contributed by atoms with Crippen molar-refractivity contribution < 1.29 is 28.0 Å². The molecule has 2 aromatic carbocycles. The lowest BCUT2D eigenvalue weighted by Crippen LogP contribution is -2.20. The molecule has 0 bridgehead atoms. The van der Waals surface area contributed by atoms with Gasteiger partial charge in [-0.2, -0.15) is 0 Å². The normalized spacial score (nSPS) is 10.4. The van der Waals surface area contributed by atoms with E-state index in [1.807, 2.05) is 0 Å². The Labute approximate surface area is 166 Å². The zero-order valence-electron chi connectivity index (χ0n) is 14.8. The van der Waals surface area contributed by atoms with Crippen molar-refractivity contribution in [1.82, 2.24) is 4.98 Å². The van der Waals surface area contributed by atoms with Crippen LogP contribution in [0.15, 0.2) is 41.8 Å². The second-order valence-electron chi connectivity index (χ2n) is 5.59. The summed E-state index contributed by atoms with van der Waals surface area (Å²) >= 11 is 1.08. The van der Waals surface area contributed by atoms with Crippen LogP contribution >= 0.6 is 11.3 Å². The van der Waals surface area contributed by atoms with Gasteiger partial charge in [-0.25, -0.2) is 13.8 Å². The van der Waals surface area contributed by atoms with Crippen molar-refractivity contribution in [2.45, 2.75) is 0 Å². The molecule has 0 aliphatic rings. The third-order valence-corrected chi connectivity index (χ3v) is 4.45. The maximum atomic E-state index is 13.3. The fraction of sp³-hybridized carbons (Fsp3) is 0.111. The summed E-state index contributed by atoms with van der Waals surface area (Å²) in [7, 11) is 1.37. The van der Waals surface area contributed by atoms with Crippen LogP contribution in [0, 0.1) is 21.7 Å². The zero-order valence-corrected chi connectivity index (χ0v) is 15.7. The van der Waals surface area contributed by atoms with Crippen LogP contribution in [-0.4, -0.2) is 29.5 Å². The standard InChI is InChI=1S/C18H13F2N3O5S/c1-27-11-3-5-16(15(7-11)23(25)26)28-8-17(24)22-18-21-14(9-29-18)10-2-4-12(19)13(20)6-10/h2-7,9H,8H2,1H3,(H,21,22,24). The Morgan fingerprint density at radius 2 is 2.03 bits per heavy atom. The average molecular weight is 421 g/mol. The van der Waals surface area contributed by atoms with E-state index in [1.54, 1.807) is 5.38 Å². The van der Waals surface area contributed by atoms with E-state index in [2.05, 4.69) is 10.3 Å². The summed E-state index contributed by atoms with van der Waals surface area (Å²) in [4.78, 5) is 26.7. The molecule has 0 saturated carbocycles. The second-order valence-corrected chi connectivity index (χ2v) is 6.45. The van der Waals surface area contributed by atoms with E-state index in [9.17, 15) is 23.7 Å². The van der Waals surface area contributed by atoms with Gasteiger partial charge in [0.05, 0.1) is 23.8 Å². The molecular weight excluding hydrogens is 408 g/mol. The van der Waals surface area contributed by atoms with Gasteiger partial charge in [0.2, 0.25) is 0 Å². The summed E-state index contributed by atoms with van der Waals surface area (Å²) in [6, 6.07) is 7.33. The number of nitrogens with zero attached hydrogens (tertiary/aromatic N) is 2. The SMILES string of the molecule is COc1ccc(OCC(=O)Nc2nc(-c3ccc(F)c(F)c3)cs2)c([N+](=O)[O-])c1. The average Bonchev–Trinajstić information content (AvgIpc) is 3.16. The van der Waals surface area contributed by atoms with E-state index in [4.69, 9.17) is 9.47 Å². The Bertz CT molecular complexity index is 1070. The highest BCUT2D eigenvalue weighted by atomic mass is 32.1. The molecule has 0 aliphatic heterocycles. The molecule has 3 rings (SSSR count). The lowest BCUT2D eigenvalue weighted by Gasteiger charge is -2.07. The summed E-state index contributed by atoms with van der Waals surface area (Å²) in [6.07, 6.45) is 0. The number of aromatic nitrogens is 1. The van der Waals surface area contributed by atoms with Crippen molar-refractivity contribution in [2.24, 2.45) is 0 Å². The van der Waals surface area contributed by atoms with Gasteiger partial charge in [-0.05, 0) is 30.3 Å². The molecule has 11 heteroatoms. The molecular formula is C18H13F2N3O5S. The number of nitro benzene ring substituents is 1. The zero-order chi connectivity index (χ0) is 21.0. The number of carbonyl (C=O) groups excluding carboxylic acids is 1. The molecule has 1 heterocycles. The van der Waals surface area contributed by atoms with E-state index in [-0.39, 0.29) is 22.3 Å². The van der Waals surface area contributed by atoms with E-state index in [0.29, 0.717) is 11.3 Å². The molecule has 29 heavy (non-hydrogen) atoms. The summed E-state index contributed by atoms with van der Waals surface area (Å²) in [6.45, 7) is -0.493. The first kappa shape index (κ1) is 20.1. The Hall–Kier alpha value is -3.60. The topological polar surface area (TPSA) is 104 Å². The van der Waals surface area contributed by atoms with Crippen LogP contribution in [0.2, 0.25) is 0 Å². The van der Waals surface area contributed by atoms with Gasteiger partial charge in [0.25, 0.3) is 5.91 Å². The number of hydrogen-bond acceptors (Lipinski definition) is 7. The van der Waals surface area contributed by atoms with Crippen molar-refractivity contribution in [3.05, 3.63) is 63.5 Å². The maximum Gasteiger partial charge on any atom is 0.314 e. The molecule has 3 aromatic rings. The summed E-state index contributed by atoms with van der Waals surface area (Å²) in [5.41, 5.74) is 0.369. The van der Waals surface area contributed by atoms with E-state index < -0.39 is 29.1 Å². The molecule has 0 aliphatic carbocycles. The fourth-order valence-electron chi connectivity index (χ4n) is 2.31. The first-order valence-electron chi connectivity index (χ1n) is 8.03. The molecule has 0 atom stereocenters. The first-order valence-corrected chi connectivity index (χ1v) is 8.91. The highest BCUT2D eigenvalue weighted by molar-refractivity contribution is 7.14. The minimum Gasteiger partial charge on any atom is -0.496 e. The Morgan fingerprint density at radius 3 is 2.72 bits per heavy atom. The number of halogens is 2. The molecule has 150 valence electrons. The molecule has 0 radical (unpaired) electrons. The van der Waals surface area contributed by atoms with E-state index >= 15 is 0 Å². The number of nitro groups is 1. The summed E-state index contributed by atoms with van der Waals surface area (Å²) in [5, 5.41) is 15.4. The van der Waals surface area contributed by atoms with Gasteiger partial charge >= 0.3 is 5.69 Å². The highest BCUT2D eigenvalue weighted by Crippen LogP contribution is 2.31. The largest absolute Gasteiger partial charge is 0.496 e. The fourth-order valence-corrected chi connectivity index (χ4v) is 3.04. The van der Waals surface area contributed by atoms with Gasteiger partial charge in [-0.3, -0.25) is 20.2 Å². The van der Waals surface area contributed by atoms with Gasteiger partial charge in [0, 0.05) is 10.9 Å². The van der Waals surface area contributed by atoms with E-state index in [1.165, 1.54) is 31.4 Å². The number of rotatable bonds is 7. The molecule has 0 spiro atoms. The number of benzene rings is 2. The molecule has 0 saturated heterocycles. The molecule has 1 aromatic heterocycles. The number of methoxy groups -OCH3 is 1. The minimum atomic E-state index is -1.00. The summed E-state index contributed by atoms with van der Waals surface area (Å²) < 4.78 is 36.5. The minimum absolute atomic E-state index is 0.0902. The number of carbonyl (C=O) groups is 1. The van der Waals surface area contributed by atoms with Gasteiger partial charge < -0.3 is 9.47 Å². The Morgan fingerprint density at radius 1 is 1.24 bits per heavy atom. The Balaban J connectivity index is 1.64. The van der Waals surface area contributed by atoms with Crippen molar-refractivity contribution in [3.8, 4) is 22.8 Å². The van der Waals surface area contributed by atoms with Crippen molar-refractivity contribution >= 4 is 28.1 Å². The molecule has 0 fully saturated rings. The molecule has 0 unspecified atom stereocenters. The third-order valence-electron chi connectivity index (χ3n) is 3.69. The highest BCUT2D eigenvalue weighted by Gasteiger charge is 2.18. The molecule has 1 N–H and O–H groups in total. The number of nitrogens with one attached hydrogen (secondary N) is 1. The lowest BCUT2D eigenvalue weighted by atomic mass is 10.2. The second kappa shape index (κ2) is 8.61. The van der Waals surface area contributed by atoms with Crippen LogP contribution in [-0.2, 0) is 4.79 Å². The van der Waals surface area contributed by atoms with Gasteiger partial charge in [0.15, 0.2) is 29.1 Å². The van der Waals surface area contributed by atoms with Gasteiger partial charge in [0.1, 0.15) is 5.75 Å². The molecule has 1 amide bonds. The predicted octanol–water partition coefficient (Wildman–Crippen LogP) is 4.02. The van der Waals surface area contributed by atoms with E-state index in [0.717, 1.165) is 23.5 Å². The lowest BCUT2D eigenvalue weighted by molar-refractivity contribution is -0.385. The number of anilines is 1. The van der Waals surface area contributed by atoms with Crippen LogP contribution in [0.5, 0.6) is 11.5 Å². The number of hydrogen-bond donors (Lipinski definition) is 1. The maximum absolute atomic E-state index is 13.3. The quantitative estimate of drug-likeness (QED) is 0.456. The van der Waals surface area contributed by atoms with Crippen LogP contribution in [0.3, 0.4) is 0 Å². The van der Waals surface area contributed by atoms with Crippen molar-refractivity contribution in [1.29, 1.82) is 0 Å². The molecule has 8 nitrogen and oxygen atoms in total. The van der Waals surface area contributed by atoms with Crippen molar-refractivity contribution in [2.75, 3.05) is 19.0 Å². The first-order chi connectivity index (χ1) is 13.9. The number of ether oxygens (including phenoxy) is 2. The van der Waals surface area contributed by atoms with Gasteiger partial charge in [-0.15, -0.1) is 11.3 Å². The van der Waals surface area contributed by atoms with Crippen LogP contribution in [0.25, 0.3) is 11.3 Å². The van der Waals surface area contributed by atoms with Crippen LogP contribution in [0.4, 0.5) is 19.6 Å². The monoisotopic (exact) mass is 421 g/mol. The summed E-state index contributed by atoms with van der Waals surface area (Å²) in [5.74, 6) is -2.38. The number of thiazole rings is 1. The smallest absolute Gasteiger partial charge is 0.314 e. The number of amides is 1. The predicted molar refractivity (Wildman–Crippen MR) is 101 cm³/mol. The third kappa shape index (κ3) is 4.82.